The summed E-state index contributed by atoms with van der Waals surface area (Å²) < 4.78 is 1.86. The lowest BCUT2D eigenvalue weighted by Gasteiger charge is -2.22. The molecule has 1 amide bonds. The lowest BCUT2D eigenvalue weighted by atomic mass is 10.0. The first-order valence-electron chi connectivity index (χ1n) is 10.2. The van der Waals surface area contributed by atoms with Crippen LogP contribution < -0.4 is 0 Å². The molecule has 6 nitrogen and oxygen atoms in total. The van der Waals surface area contributed by atoms with E-state index in [1.165, 1.54) is 0 Å². The molecule has 0 atom stereocenters. The van der Waals surface area contributed by atoms with E-state index in [1.54, 1.807) is 18.6 Å². The summed E-state index contributed by atoms with van der Waals surface area (Å²) in [6.07, 6.45) is 7.30. The molecule has 1 aromatic carbocycles. The zero-order valence-electron chi connectivity index (χ0n) is 17.5. The van der Waals surface area contributed by atoms with Crippen molar-refractivity contribution < 1.29 is 4.79 Å². The van der Waals surface area contributed by atoms with Crippen LogP contribution in [0.1, 0.15) is 35.3 Å². The number of carbonyl (C=O) groups excluding carboxylic acids is 1. The Labute approximate surface area is 176 Å². The van der Waals surface area contributed by atoms with Gasteiger partial charge in [0.2, 0.25) is 0 Å². The predicted molar refractivity (Wildman–Crippen MR) is 118 cm³/mol. The Morgan fingerprint density at radius 1 is 1.13 bits per heavy atom. The average Bonchev–Trinajstić information content (AvgIpc) is 3.26. The molecule has 6 heteroatoms. The first-order valence-corrected chi connectivity index (χ1v) is 10.2. The van der Waals surface area contributed by atoms with E-state index in [1.807, 2.05) is 72.9 Å². The third kappa shape index (κ3) is 3.94. The van der Waals surface area contributed by atoms with E-state index in [4.69, 9.17) is 4.98 Å². The van der Waals surface area contributed by atoms with Gasteiger partial charge in [-0.2, -0.15) is 5.10 Å². The number of carbonyl (C=O) groups is 1. The summed E-state index contributed by atoms with van der Waals surface area (Å²) in [5.41, 5.74) is 5.25. The molecule has 30 heavy (non-hydrogen) atoms. The van der Waals surface area contributed by atoms with E-state index in [9.17, 15) is 4.79 Å². The molecular formula is C24H25N5O. The maximum absolute atomic E-state index is 13.6. The van der Waals surface area contributed by atoms with Crippen molar-refractivity contribution in [1.29, 1.82) is 0 Å². The molecule has 3 heterocycles. The number of nitrogens with zero attached hydrogens (tertiary/aromatic N) is 5. The Morgan fingerprint density at radius 2 is 2.00 bits per heavy atom. The quantitative estimate of drug-likeness (QED) is 0.479. The van der Waals surface area contributed by atoms with Crippen molar-refractivity contribution >= 4 is 16.8 Å². The highest BCUT2D eigenvalue weighted by atomic mass is 16.2. The fraction of sp³-hybridized carbons (Fsp3) is 0.250. The van der Waals surface area contributed by atoms with E-state index in [0.717, 1.165) is 39.8 Å². The number of fused-ring (bicyclic) bond motifs is 1. The molecule has 0 radical (unpaired) electrons. The largest absolute Gasteiger partial charge is 0.335 e. The monoisotopic (exact) mass is 399 g/mol. The van der Waals surface area contributed by atoms with Gasteiger partial charge in [-0.05, 0) is 50.1 Å². The van der Waals surface area contributed by atoms with Crippen molar-refractivity contribution in [3.8, 4) is 11.3 Å². The minimum Gasteiger partial charge on any atom is -0.335 e. The molecule has 0 N–H and O–H groups in total. The summed E-state index contributed by atoms with van der Waals surface area (Å²) in [5, 5.41) is 5.23. The van der Waals surface area contributed by atoms with E-state index >= 15 is 0 Å². The molecule has 4 aromatic rings. The average molecular weight is 399 g/mol. The number of benzene rings is 1. The zero-order chi connectivity index (χ0) is 21.1. The number of amides is 1. The van der Waals surface area contributed by atoms with E-state index in [-0.39, 0.29) is 5.91 Å². The second-order valence-corrected chi connectivity index (χ2v) is 7.34. The molecule has 0 saturated heterocycles. The SMILES string of the molecule is CCN(Cc1cccnc1)C(=O)c1cc(-c2cnn(CC)c2)nc2cc(C)ccc12. The minimum absolute atomic E-state index is 0.0123. The van der Waals surface area contributed by atoms with Gasteiger partial charge >= 0.3 is 0 Å². The first-order chi connectivity index (χ1) is 14.6. The van der Waals surface area contributed by atoms with Crippen LogP contribution in [0, 0.1) is 6.92 Å². The molecule has 0 aliphatic rings. The van der Waals surface area contributed by atoms with Gasteiger partial charge < -0.3 is 4.90 Å². The molecule has 152 valence electrons. The van der Waals surface area contributed by atoms with Crippen LogP contribution >= 0.6 is 0 Å². The Bertz CT molecular complexity index is 1180. The van der Waals surface area contributed by atoms with Crippen molar-refractivity contribution in [1.82, 2.24) is 24.6 Å². The molecule has 0 spiro atoms. The molecule has 4 rings (SSSR count). The standard InChI is InChI=1S/C24H25N5O/c1-4-28(15-18-7-6-10-25-13-18)24(30)21-12-22(19-14-26-29(5-2)16-19)27-23-11-17(3)8-9-20(21)23/h6-14,16H,4-5,15H2,1-3H3. The van der Waals surface area contributed by atoms with Crippen molar-refractivity contribution in [2.75, 3.05) is 6.54 Å². The Morgan fingerprint density at radius 3 is 2.70 bits per heavy atom. The lowest BCUT2D eigenvalue weighted by molar-refractivity contribution is 0.0754. The predicted octanol–water partition coefficient (Wildman–Crippen LogP) is 4.48. The number of hydrogen-bond donors (Lipinski definition) is 0. The minimum atomic E-state index is -0.0123. The smallest absolute Gasteiger partial charge is 0.254 e. The van der Waals surface area contributed by atoms with E-state index < -0.39 is 0 Å². The van der Waals surface area contributed by atoms with Gasteiger partial charge in [-0.25, -0.2) is 4.98 Å². The van der Waals surface area contributed by atoms with Crippen LogP contribution in [0.3, 0.4) is 0 Å². The van der Waals surface area contributed by atoms with Crippen molar-refractivity contribution in [3.05, 3.63) is 77.9 Å². The normalized spacial score (nSPS) is 11.0. The van der Waals surface area contributed by atoms with Gasteiger partial charge in [0.1, 0.15) is 0 Å². The van der Waals surface area contributed by atoms with Crippen LogP contribution in [0.25, 0.3) is 22.2 Å². The maximum Gasteiger partial charge on any atom is 0.254 e. The Hall–Kier alpha value is -3.54. The zero-order valence-corrected chi connectivity index (χ0v) is 17.5. The van der Waals surface area contributed by atoms with Crippen molar-refractivity contribution in [2.45, 2.75) is 33.9 Å². The molecule has 0 unspecified atom stereocenters. The summed E-state index contributed by atoms with van der Waals surface area (Å²) in [5.74, 6) is -0.0123. The van der Waals surface area contributed by atoms with Crippen LogP contribution in [0.5, 0.6) is 0 Å². The number of hydrogen-bond acceptors (Lipinski definition) is 4. The van der Waals surface area contributed by atoms with Gasteiger partial charge in [-0.3, -0.25) is 14.5 Å². The summed E-state index contributed by atoms with van der Waals surface area (Å²) in [6.45, 7) is 7.97. The summed E-state index contributed by atoms with van der Waals surface area (Å²) in [7, 11) is 0. The highest BCUT2D eigenvalue weighted by Crippen LogP contribution is 2.27. The Balaban J connectivity index is 1.80. The molecule has 0 bridgehead atoms. The fourth-order valence-corrected chi connectivity index (χ4v) is 3.54. The highest BCUT2D eigenvalue weighted by molar-refractivity contribution is 6.07. The number of rotatable bonds is 6. The second kappa shape index (κ2) is 8.45. The topological polar surface area (TPSA) is 63.9 Å². The van der Waals surface area contributed by atoms with Gasteiger partial charge in [0.15, 0.2) is 0 Å². The summed E-state index contributed by atoms with van der Waals surface area (Å²) in [4.78, 5) is 24.4. The molecule has 0 aliphatic heterocycles. The van der Waals surface area contributed by atoms with Crippen LogP contribution in [0.2, 0.25) is 0 Å². The molecule has 3 aromatic heterocycles. The number of aromatic nitrogens is 4. The molecular weight excluding hydrogens is 374 g/mol. The van der Waals surface area contributed by atoms with Crippen molar-refractivity contribution in [2.24, 2.45) is 0 Å². The van der Waals surface area contributed by atoms with Crippen LogP contribution in [-0.2, 0) is 13.1 Å². The molecule has 0 fully saturated rings. The summed E-state index contributed by atoms with van der Waals surface area (Å²) >= 11 is 0. The molecule has 0 aliphatic carbocycles. The van der Waals surface area contributed by atoms with Gasteiger partial charge in [-0.1, -0.05) is 18.2 Å². The highest BCUT2D eigenvalue weighted by Gasteiger charge is 2.20. The number of pyridine rings is 2. The van der Waals surface area contributed by atoms with E-state index in [2.05, 4.69) is 10.1 Å². The third-order valence-corrected chi connectivity index (χ3v) is 5.21. The van der Waals surface area contributed by atoms with Gasteiger partial charge in [0.05, 0.1) is 23.0 Å². The second-order valence-electron chi connectivity index (χ2n) is 7.34. The van der Waals surface area contributed by atoms with Gasteiger partial charge in [-0.15, -0.1) is 0 Å². The fourth-order valence-electron chi connectivity index (χ4n) is 3.54. The van der Waals surface area contributed by atoms with Crippen LogP contribution in [0.15, 0.2) is 61.2 Å². The Kier molecular flexibility index (Phi) is 5.57. The third-order valence-electron chi connectivity index (χ3n) is 5.21. The van der Waals surface area contributed by atoms with Crippen LogP contribution in [-0.4, -0.2) is 37.1 Å². The number of aryl methyl sites for hydroxylation is 2. The maximum atomic E-state index is 13.6. The van der Waals surface area contributed by atoms with Crippen LogP contribution in [0.4, 0.5) is 0 Å². The van der Waals surface area contributed by atoms with Gasteiger partial charge in [0, 0.05) is 49.2 Å². The lowest BCUT2D eigenvalue weighted by Crippen LogP contribution is -2.30. The summed E-state index contributed by atoms with van der Waals surface area (Å²) in [6, 6.07) is 11.8. The van der Waals surface area contributed by atoms with Crippen molar-refractivity contribution in [3.63, 3.8) is 0 Å². The van der Waals surface area contributed by atoms with E-state index in [0.29, 0.717) is 18.7 Å². The molecule has 0 saturated carbocycles. The first kappa shape index (κ1) is 19.8. The van der Waals surface area contributed by atoms with Gasteiger partial charge in [0.25, 0.3) is 5.91 Å².